The number of carbonyl (C=O) groups is 1. The fourth-order valence-electron chi connectivity index (χ4n) is 3.82. The number of carbonyl (C=O) groups excluding carboxylic acids is 1. The Balaban J connectivity index is 0.00000280. The molecule has 1 atom stereocenters. The van der Waals surface area contributed by atoms with Crippen molar-refractivity contribution in [3.8, 4) is 5.75 Å². The Morgan fingerprint density at radius 2 is 2.18 bits per heavy atom. The average molecular weight is 409 g/mol. The fourth-order valence-corrected chi connectivity index (χ4v) is 3.82. The molecule has 2 aromatic rings. The minimum atomic E-state index is -0.370. The zero-order valence-corrected chi connectivity index (χ0v) is 17.6. The van der Waals surface area contributed by atoms with Gasteiger partial charge in [-0.25, -0.2) is 4.79 Å². The van der Waals surface area contributed by atoms with Crippen LogP contribution in [0.3, 0.4) is 0 Å². The predicted molar refractivity (Wildman–Crippen MR) is 113 cm³/mol. The third-order valence-corrected chi connectivity index (χ3v) is 5.34. The Morgan fingerprint density at radius 1 is 1.39 bits per heavy atom. The first-order valence-corrected chi connectivity index (χ1v) is 9.65. The quantitative estimate of drug-likeness (QED) is 0.713. The van der Waals surface area contributed by atoms with Crippen LogP contribution in [-0.4, -0.2) is 43.6 Å². The first kappa shape index (κ1) is 22.2. The third-order valence-electron chi connectivity index (χ3n) is 5.34. The number of aryl methyl sites for hydroxylation is 1. The van der Waals surface area contributed by atoms with Gasteiger partial charge in [0, 0.05) is 42.6 Å². The molecule has 1 N–H and O–H groups in total. The Labute approximate surface area is 171 Å². The van der Waals surface area contributed by atoms with Crippen LogP contribution >= 0.6 is 12.4 Å². The maximum absolute atomic E-state index is 12.8. The summed E-state index contributed by atoms with van der Waals surface area (Å²) in [7, 11) is 1.58. The number of nitrogens with one attached hydrogen (secondary N) is 1. The van der Waals surface area contributed by atoms with Crippen LogP contribution in [0.4, 0.5) is 0 Å². The van der Waals surface area contributed by atoms with Gasteiger partial charge in [-0.1, -0.05) is 6.92 Å². The second-order valence-electron chi connectivity index (χ2n) is 7.09. The molecule has 1 unspecified atom stereocenters. The molecule has 6 nitrogen and oxygen atoms in total. The summed E-state index contributed by atoms with van der Waals surface area (Å²) < 4.78 is 10.7. The minimum absolute atomic E-state index is 0. The van der Waals surface area contributed by atoms with Crippen molar-refractivity contribution in [3.63, 3.8) is 0 Å². The lowest BCUT2D eigenvalue weighted by molar-refractivity contribution is -0.133. The van der Waals surface area contributed by atoms with Crippen LogP contribution in [0.15, 0.2) is 27.4 Å². The van der Waals surface area contributed by atoms with Crippen LogP contribution < -0.4 is 15.7 Å². The Bertz CT molecular complexity index is 875. The molecule has 7 heteroatoms. The average Bonchev–Trinajstić information content (AvgIpc) is 3.19. The molecule has 0 radical (unpaired) electrons. The molecule has 1 saturated heterocycles. The smallest absolute Gasteiger partial charge is 0.339 e. The van der Waals surface area contributed by atoms with Gasteiger partial charge in [0.1, 0.15) is 11.3 Å². The van der Waals surface area contributed by atoms with Crippen LogP contribution in [0.25, 0.3) is 11.0 Å². The maximum atomic E-state index is 12.8. The zero-order valence-electron chi connectivity index (χ0n) is 16.7. The lowest BCUT2D eigenvalue weighted by Crippen LogP contribution is -2.42. The number of methoxy groups -OCH3 is 1. The molecule has 1 aromatic heterocycles. The predicted octanol–water partition coefficient (Wildman–Crippen LogP) is 3.06. The van der Waals surface area contributed by atoms with E-state index in [0.29, 0.717) is 29.7 Å². The van der Waals surface area contributed by atoms with Crippen LogP contribution in [-0.2, 0) is 11.2 Å². The second-order valence-corrected chi connectivity index (χ2v) is 7.09. The molecule has 1 aliphatic rings. The molecule has 2 heterocycles. The van der Waals surface area contributed by atoms with Crippen LogP contribution in [0, 0.1) is 6.92 Å². The van der Waals surface area contributed by atoms with E-state index < -0.39 is 0 Å². The zero-order chi connectivity index (χ0) is 19.4. The van der Waals surface area contributed by atoms with Crippen molar-refractivity contribution < 1.29 is 13.9 Å². The Morgan fingerprint density at radius 3 is 2.82 bits per heavy atom. The SMILES string of the molecule is CCCN(C(=O)CCc1c(C)c2ccc(OC)cc2oc1=O)C1CCNC1.Cl. The van der Waals surface area contributed by atoms with Gasteiger partial charge in [0.2, 0.25) is 5.91 Å². The first-order chi connectivity index (χ1) is 13.0. The highest BCUT2D eigenvalue weighted by Crippen LogP contribution is 2.24. The van der Waals surface area contributed by atoms with E-state index in [0.717, 1.165) is 43.4 Å². The van der Waals surface area contributed by atoms with Crippen molar-refractivity contribution in [1.29, 1.82) is 0 Å². The van der Waals surface area contributed by atoms with E-state index in [1.54, 1.807) is 13.2 Å². The summed E-state index contributed by atoms with van der Waals surface area (Å²) in [4.78, 5) is 27.3. The molecular formula is C21H29ClN2O4. The van der Waals surface area contributed by atoms with Crippen molar-refractivity contribution >= 4 is 29.3 Å². The number of hydrogen-bond donors (Lipinski definition) is 1. The van der Waals surface area contributed by atoms with Gasteiger partial charge in [0.05, 0.1) is 7.11 Å². The topological polar surface area (TPSA) is 71.8 Å². The standard InChI is InChI=1S/C21H28N2O4.ClH/c1-4-11-23(15-9-10-22-13-15)20(24)8-7-18-14(2)17-6-5-16(26-3)12-19(17)27-21(18)25;/h5-6,12,15,22H,4,7-11,13H2,1-3H3;1H. The van der Waals surface area contributed by atoms with Crippen LogP contribution in [0.5, 0.6) is 5.75 Å². The Hall–Kier alpha value is -2.05. The van der Waals surface area contributed by atoms with E-state index in [9.17, 15) is 9.59 Å². The molecule has 1 aromatic carbocycles. The number of nitrogens with zero attached hydrogens (tertiary/aromatic N) is 1. The Kier molecular flexibility index (Phi) is 7.89. The molecule has 0 saturated carbocycles. The van der Waals surface area contributed by atoms with Gasteiger partial charge < -0.3 is 19.4 Å². The van der Waals surface area contributed by atoms with Crippen molar-refractivity contribution in [1.82, 2.24) is 10.2 Å². The summed E-state index contributed by atoms with van der Waals surface area (Å²) in [5.74, 6) is 0.757. The summed E-state index contributed by atoms with van der Waals surface area (Å²) in [6.45, 7) is 6.56. The number of rotatable bonds is 7. The lowest BCUT2D eigenvalue weighted by Gasteiger charge is -2.28. The summed E-state index contributed by atoms with van der Waals surface area (Å²) in [5.41, 5.74) is 1.60. The normalized spacial score (nSPS) is 16.0. The third kappa shape index (κ3) is 4.67. The van der Waals surface area contributed by atoms with Gasteiger partial charge in [-0.3, -0.25) is 4.79 Å². The van der Waals surface area contributed by atoms with E-state index in [4.69, 9.17) is 9.15 Å². The number of fused-ring (bicyclic) bond motifs is 1. The van der Waals surface area contributed by atoms with Crippen LogP contribution in [0.2, 0.25) is 0 Å². The monoisotopic (exact) mass is 408 g/mol. The number of hydrogen-bond acceptors (Lipinski definition) is 5. The number of benzene rings is 1. The van der Waals surface area contributed by atoms with E-state index in [-0.39, 0.29) is 30.0 Å². The van der Waals surface area contributed by atoms with Gasteiger partial charge in [-0.15, -0.1) is 12.4 Å². The molecular weight excluding hydrogens is 380 g/mol. The highest BCUT2D eigenvalue weighted by molar-refractivity contribution is 5.85. The van der Waals surface area contributed by atoms with E-state index in [1.807, 2.05) is 24.0 Å². The number of ether oxygens (including phenoxy) is 1. The van der Waals surface area contributed by atoms with E-state index >= 15 is 0 Å². The molecule has 0 aliphatic carbocycles. The van der Waals surface area contributed by atoms with Crippen molar-refractivity contribution in [2.24, 2.45) is 0 Å². The number of halogens is 1. The largest absolute Gasteiger partial charge is 0.497 e. The van der Waals surface area contributed by atoms with Gasteiger partial charge in [-0.2, -0.15) is 0 Å². The summed E-state index contributed by atoms with van der Waals surface area (Å²) >= 11 is 0. The minimum Gasteiger partial charge on any atom is -0.497 e. The molecule has 1 fully saturated rings. The second kappa shape index (κ2) is 9.94. The molecule has 1 amide bonds. The van der Waals surface area contributed by atoms with Gasteiger partial charge in [0.15, 0.2) is 0 Å². The summed E-state index contributed by atoms with van der Waals surface area (Å²) in [6.07, 6.45) is 2.64. The molecule has 0 bridgehead atoms. The highest BCUT2D eigenvalue weighted by atomic mass is 35.5. The van der Waals surface area contributed by atoms with Crippen molar-refractivity contribution in [3.05, 3.63) is 39.7 Å². The highest BCUT2D eigenvalue weighted by Gasteiger charge is 2.26. The van der Waals surface area contributed by atoms with E-state index in [2.05, 4.69) is 12.2 Å². The van der Waals surface area contributed by atoms with Crippen molar-refractivity contribution in [2.45, 2.75) is 45.6 Å². The molecule has 0 spiro atoms. The maximum Gasteiger partial charge on any atom is 0.339 e. The summed E-state index contributed by atoms with van der Waals surface area (Å²) in [6, 6.07) is 5.72. The van der Waals surface area contributed by atoms with Crippen molar-refractivity contribution in [2.75, 3.05) is 26.7 Å². The summed E-state index contributed by atoms with van der Waals surface area (Å²) in [5, 5.41) is 4.20. The van der Waals surface area contributed by atoms with Gasteiger partial charge in [0.25, 0.3) is 0 Å². The fraction of sp³-hybridized carbons (Fsp3) is 0.524. The molecule has 1 aliphatic heterocycles. The van der Waals surface area contributed by atoms with Gasteiger partial charge in [-0.05, 0) is 50.4 Å². The first-order valence-electron chi connectivity index (χ1n) is 9.65. The molecule has 154 valence electrons. The van der Waals surface area contributed by atoms with Gasteiger partial charge >= 0.3 is 5.63 Å². The van der Waals surface area contributed by atoms with Crippen LogP contribution in [0.1, 0.15) is 37.3 Å². The molecule has 3 rings (SSSR count). The van der Waals surface area contributed by atoms with E-state index in [1.165, 1.54) is 0 Å². The number of amides is 1. The lowest BCUT2D eigenvalue weighted by atomic mass is 10.0. The molecule has 28 heavy (non-hydrogen) atoms.